The van der Waals surface area contributed by atoms with Crippen LogP contribution in [-0.2, 0) is 16.0 Å². The number of nitrogens with one attached hydrogen (secondary N) is 1. The van der Waals surface area contributed by atoms with Gasteiger partial charge in [0.2, 0.25) is 0 Å². The lowest BCUT2D eigenvalue weighted by Crippen LogP contribution is -2.37. The largest absolute Gasteiger partial charge is 0.378 e. The zero-order valence-electron chi connectivity index (χ0n) is 9.08. The number of rotatable bonds is 3. The van der Waals surface area contributed by atoms with Gasteiger partial charge in [-0.2, -0.15) is 0 Å². The van der Waals surface area contributed by atoms with Crippen molar-refractivity contribution >= 4 is 12.2 Å². The third-order valence-corrected chi connectivity index (χ3v) is 3.36. The molecule has 84 valence electrons. The van der Waals surface area contributed by atoms with E-state index in [4.69, 9.17) is 21.7 Å². The average Bonchev–Trinajstić information content (AvgIpc) is 2.81. The third-order valence-electron chi connectivity index (χ3n) is 3.02. The number of aromatic amines is 1. The summed E-state index contributed by atoms with van der Waals surface area (Å²) in [5, 5.41) is 0. The molecule has 0 amide bonds. The van der Waals surface area contributed by atoms with E-state index in [1.165, 1.54) is 0 Å². The van der Waals surface area contributed by atoms with Crippen LogP contribution in [-0.4, -0.2) is 35.5 Å². The Morgan fingerprint density at radius 2 is 2.53 bits per heavy atom. The fourth-order valence-electron chi connectivity index (χ4n) is 1.91. The molecule has 2 heterocycles. The maximum Gasteiger partial charge on any atom is 0.177 e. The Bertz CT molecular complexity index is 390. The molecule has 1 aliphatic rings. The van der Waals surface area contributed by atoms with Gasteiger partial charge in [-0.05, 0) is 19.1 Å². The second-order valence-corrected chi connectivity index (χ2v) is 4.40. The van der Waals surface area contributed by atoms with Gasteiger partial charge in [0.15, 0.2) is 4.77 Å². The molecule has 1 saturated heterocycles. The number of hydrogen-bond donors (Lipinski definition) is 1. The van der Waals surface area contributed by atoms with E-state index < -0.39 is 0 Å². The maximum absolute atomic E-state index is 5.58. The number of aromatic nitrogens is 2. The van der Waals surface area contributed by atoms with E-state index in [1.807, 2.05) is 13.1 Å². The van der Waals surface area contributed by atoms with Gasteiger partial charge in [0.05, 0.1) is 13.2 Å². The molecular formula is C10H16N2O2S. The van der Waals surface area contributed by atoms with Gasteiger partial charge in [-0.1, -0.05) is 0 Å². The van der Waals surface area contributed by atoms with Crippen LogP contribution < -0.4 is 0 Å². The van der Waals surface area contributed by atoms with Crippen LogP contribution in [0.5, 0.6) is 0 Å². The highest BCUT2D eigenvalue weighted by atomic mass is 32.1. The molecule has 4 nitrogen and oxygen atoms in total. The highest BCUT2D eigenvalue weighted by Crippen LogP contribution is 2.25. The van der Waals surface area contributed by atoms with Gasteiger partial charge in [0, 0.05) is 32.0 Å². The van der Waals surface area contributed by atoms with Crippen LogP contribution in [0.15, 0.2) is 6.20 Å². The van der Waals surface area contributed by atoms with Crippen molar-refractivity contribution in [2.45, 2.75) is 25.5 Å². The first-order valence-electron chi connectivity index (χ1n) is 5.05. The topological polar surface area (TPSA) is 39.2 Å². The molecule has 0 bridgehead atoms. The second-order valence-electron chi connectivity index (χ2n) is 4.01. The summed E-state index contributed by atoms with van der Waals surface area (Å²) >= 11 is 5.22. The molecule has 1 aliphatic heterocycles. The van der Waals surface area contributed by atoms with Crippen molar-refractivity contribution in [1.82, 2.24) is 9.55 Å². The highest BCUT2D eigenvalue weighted by Gasteiger charge is 2.35. The van der Waals surface area contributed by atoms with E-state index in [9.17, 15) is 0 Å². The Labute approximate surface area is 94.2 Å². The molecule has 5 heteroatoms. The molecule has 0 spiro atoms. The Hall–Kier alpha value is -0.650. The number of aryl methyl sites for hydroxylation is 1. The molecule has 0 saturated carbocycles. The summed E-state index contributed by atoms with van der Waals surface area (Å²) in [6.45, 7) is 4.21. The number of hydrogen-bond acceptors (Lipinski definition) is 3. The Morgan fingerprint density at radius 1 is 1.73 bits per heavy atom. The van der Waals surface area contributed by atoms with Crippen LogP contribution in [0.25, 0.3) is 0 Å². The molecule has 1 unspecified atom stereocenters. The summed E-state index contributed by atoms with van der Waals surface area (Å²) in [6, 6.07) is 0. The quantitative estimate of drug-likeness (QED) is 0.800. The van der Waals surface area contributed by atoms with Crippen molar-refractivity contribution in [1.29, 1.82) is 0 Å². The Morgan fingerprint density at radius 3 is 3.00 bits per heavy atom. The summed E-state index contributed by atoms with van der Waals surface area (Å²) in [4.78, 5) is 3.03. The van der Waals surface area contributed by atoms with Crippen molar-refractivity contribution in [3.63, 3.8) is 0 Å². The van der Waals surface area contributed by atoms with Crippen LogP contribution in [0, 0.1) is 11.7 Å². The van der Waals surface area contributed by atoms with Crippen LogP contribution >= 0.6 is 12.2 Å². The van der Waals surface area contributed by atoms with Crippen molar-refractivity contribution < 1.29 is 9.47 Å². The lowest BCUT2D eigenvalue weighted by molar-refractivity contribution is -0.0300. The number of ether oxygens (including phenoxy) is 2. The first kappa shape index (κ1) is 10.9. The molecular weight excluding hydrogens is 212 g/mol. The van der Waals surface area contributed by atoms with Crippen molar-refractivity contribution in [2.24, 2.45) is 0 Å². The van der Waals surface area contributed by atoms with E-state index in [2.05, 4.69) is 9.55 Å². The van der Waals surface area contributed by atoms with Gasteiger partial charge in [-0.3, -0.25) is 0 Å². The molecule has 1 N–H and O–H groups in total. The number of H-pyrrole nitrogens is 1. The van der Waals surface area contributed by atoms with Gasteiger partial charge < -0.3 is 19.0 Å². The smallest absolute Gasteiger partial charge is 0.177 e. The van der Waals surface area contributed by atoms with E-state index in [1.54, 1.807) is 7.11 Å². The number of imidazole rings is 1. The maximum atomic E-state index is 5.58. The lowest BCUT2D eigenvalue weighted by Gasteiger charge is -2.26. The van der Waals surface area contributed by atoms with E-state index in [-0.39, 0.29) is 5.60 Å². The minimum Gasteiger partial charge on any atom is -0.378 e. The minimum absolute atomic E-state index is 0.203. The molecule has 1 fully saturated rings. The summed E-state index contributed by atoms with van der Waals surface area (Å²) in [6.07, 6.45) is 2.84. The van der Waals surface area contributed by atoms with Gasteiger partial charge in [0.25, 0.3) is 0 Å². The SMILES string of the molecule is COC1(Cn2c(C)c[nH]c2=S)CCOC1. The monoisotopic (exact) mass is 228 g/mol. The van der Waals surface area contributed by atoms with Crippen molar-refractivity contribution in [3.8, 4) is 0 Å². The highest BCUT2D eigenvalue weighted by molar-refractivity contribution is 7.71. The van der Waals surface area contributed by atoms with Gasteiger partial charge >= 0.3 is 0 Å². The predicted molar refractivity (Wildman–Crippen MR) is 59.5 cm³/mol. The summed E-state index contributed by atoms with van der Waals surface area (Å²) < 4.78 is 13.8. The van der Waals surface area contributed by atoms with E-state index in [0.29, 0.717) is 6.61 Å². The van der Waals surface area contributed by atoms with E-state index in [0.717, 1.165) is 30.0 Å². The Kier molecular flexibility index (Phi) is 2.95. The average molecular weight is 228 g/mol. The first-order valence-corrected chi connectivity index (χ1v) is 5.45. The first-order chi connectivity index (χ1) is 7.17. The molecule has 2 rings (SSSR count). The molecule has 15 heavy (non-hydrogen) atoms. The molecule has 1 aromatic heterocycles. The fraction of sp³-hybridized carbons (Fsp3) is 0.700. The summed E-state index contributed by atoms with van der Waals surface area (Å²) in [5.41, 5.74) is 0.925. The molecule has 0 radical (unpaired) electrons. The van der Waals surface area contributed by atoms with Crippen LogP contribution in [0.2, 0.25) is 0 Å². The number of methoxy groups -OCH3 is 1. The predicted octanol–water partition coefficient (Wildman–Crippen LogP) is 1.66. The third kappa shape index (κ3) is 2.00. The van der Waals surface area contributed by atoms with Gasteiger partial charge in [-0.15, -0.1) is 0 Å². The minimum atomic E-state index is -0.203. The molecule has 0 aromatic carbocycles. The van der Waals surface area contributed by atoms with Crippen LogP contribution in [0.1, 0.15) is 12.1 Å². The van der Waals surface area contributed by atoms with Crippen molar-refractivity contribution in [2.75, 3.05) is 20.3 Å². The van der Waals surface area contributed by atoms with Gasteiger partial charge in [0.1, 0.15) is 5.60 Å². The molecule has 1 aromatic rings. The second kappa shape index (κ2) is 4.08. The zero-order valence-corrected chi connectivity index (χ0v) is 9.89. The van der Waals surface area contributed by atoms with Crippen LogP contribution in [0.4, 0.5) is 0 Å². The zero-order chi connectivity index (χ0) is 10.9. The molecule has 0 aliphatic carbocycles. The van der Waals surface area contributed by atoms with Crippen molar-refractivity contribution in [3.05, 3.63) is 16.7 Å². The lowest BCUT2D eigenvalue weighted by atomic mass is 10.0. The molecule has 1 atom stereocenters. The normalized spacial score (nSPS) is 26.0. The summed E-state index contributed by atoms with van der Waals surface area (Å²) in [7, 11) is 1.74. The van der Waals surface area contributed by atoms with Gasteiger partial charge in [-0.25, -0.2) is 0 Å². The standard InChI is InChI=1S/C10H16N2O2S/c1-8-5-11-9(15)12(8)6-10(13-2)3-4-14-7-10/h5H,3-4,6-7H2,1-2H3,(H,11,15). The summed E-state index contributed by atoms with van der Waals surface area (Å²) in [5.74, 6) is 0. The number of nitrogens with zero attached hydrogens (tertiary/aromatic N) is 1. The Balaban J connectivity index is 2.23. The van der Waals surface area contributed by atoms with E-state index >= 15 is 0 Å². The fourth-order valence-corrected chi connectivity index (χ4v) is 2.17. The van der Waals surface area contributed by atoms with Crippen LogP contribution in [0.3, 0.4) is 0 Å².